The van der Waals surface area contributed by atoms with Crippen LogP contribution >= 0.6 is 0 Å². The minimum Gasteiger partial charge on any atom is -0.466 e. The molecule has 22 heavy (non-hydrogen) atoms. The third kappa shape index (κ3) is 9.15. The summed E-state index contributed by atoms with van der Waals surface area (Å²) in [6.07, 6.45) is 1.88. The van der Waals surface area contributed by atoms with Crippen LogP contribution in [0.15, 0.2) is 11.6 Å². The second-order valence-electron chi connectivity index (χ2n) is 5.22. The average Bonchev–Trinajstić information content (AvgIpc) is 2.36. The van der Waals surface area contributed by atoms with E-state index in [1.54, 1.807) is 34.6 Å². The van der Waals surface area contributed by atoms with Crippen LogP contribution in [0.3, 0.4) is 0 Å². The molecular formula is C16H26O6. The number of unbranched alkanes of at least 4 members (excludes halogenated alkanes) is 1. The minimum atomic E-state index is -0.711. The summed E-state index contributed by atoms with van der Waals surface area (Å²) in [4.78, 5) is 35.1. The number of rotatable bonds is 9. The first-order chi connectivity index (χ1) is 10.3. The van der Waals surface area contributed by atoms with E-state index in [0.717, 1.165) is 0 Å². The molecule has 0 amide bonds. The molecule has 0 rings (SSSR count). The molecule has 0 heterocycles. The van der Waals surface area contributed by atoms with Crippen LogP contribution in [0.1, 0.15) is 53.9 Å². The zero-order valence-corrected chi connectivity index (χ0v) is 14.0. The van der Waals surface area contributed by atoms with Crippen LogP contribution in [0.4, 0.5) is 0 Å². The summed E-state index contributed by atoms with van der Waals surface area (Å²) < 4.78 is 14.9. The first-order valence-corrected chi connectivity index (χ1v) is 7.55. The quantitative estimate of drug-likeness (QED) is 0.162. The van der Waals surface area contributed by atoms with Crippen LogP contribution in [-0.4, -0.2) is 36.7 Å². The Morgan fingerprint density at radius 1 is 0.955 bits per heavy atom. The first kappa shape index (κ1) is 20.1. The Labute approximate surface area is 131 Å². The SMILES string of the molecule is CCOC(=O)CCCC=C(C(=O)OC(C)C)C(=O)OC(C)C. The van der Waals surface area contributed by atoms with E-state index in [-0.39, 0.29) is 30.2 Å². The van der Waals surface area contributed by atoms with Crippen molar-refractivity contribution in [1.82, 2.24) is 0 Å². The second-order valence-corrected chi connectivity index (χ2v) is 5.22. The smallest absolute Gasteiger partial charge is 0.345 e. The molecule has 0 N–H and O–H groups in total. The van der Waals surface area contributed by atoms with Crippen LogP contribution in [-0.2, 0) is 28.6 Å². The van der Waals surface area contributed by atoms with Gasteiger partial charge in [-0.1, -0.05) is 6.08 Å². The summed E-state index contributed by atoms with van der Waals surface area (Å²) in [6.45, 7) is 8.86. The maximum Gasteiger partial charge on any atom is 0.345 e. The summed E-state index contributed by atoms with van der Waals surface area (Å²) in [5.41, 5.74) is -0.133. The molecule has 0 radical (unpaired) electrons. The van der Waals surface area contributed by atoms with Crippen molar-refractivity contribution in [2.75, 3.05) is 6.61 Å². The van der Waals surface area contributed by atoms with Gasteiger partial charge in [0.2, 0.25) is 0 Å². The highest BCUT2D eigenvalue weighted by Gasteiger charge is 2.22. The molecule has 0 aliphatic rings. The van der Waals surface area contributed by atoms with Gasteiger partial charge in [-0.2, -0.15) is 0 Å². The molecule has 0 aromatic rings. The third-order valence-electron chi connectivity index (χ3n) is 2.36. The number of hydrogen-bond acceptors (Lipinski definition) is 6. The predicted octanol–water partition coefficient (Wildman–Crippen LogP) is 2.55. The molecular weight excluding hydrogens is 288 g/mol. The molecule has 6 nitrogen and oxygen atoms in total. The van der Waals surface area contributed by atoms with Crippen LogP contribution in [0.25, 0.3) is 0 Å². The largest absolute Gasteiger partial charge is 0.466 e. The lowest BCUT2D eigenvalue weighted by Crippen LogP contribution is -2.23. The van der Waals surface area contributed by atoms with Crippen molar-refractivity contribution in [3.8, 4) is 0 Å². The maximum absolute atomic E-state index is 11.9. The van der Waals surface area contributed by atoms with Crippen molar-refractivity contribution in [2.24, 2.45) is 0 Å². The summed E-state index contributed by atoms with van der Waals surface area (Å²) in [7, 11) is 0. The van der Waals surface area contributed by atoms with E-state index >= 15 is 0 Å². The molecule has 0 aromatic heterocycles. The topological polar surface area (TPSA) is 78.9 Å². The van der Waals surface area contributed by atoms with E-state index in [9.17, 15) is 14.4 Å². The zero-order chi connectivity index (χ0) is 17.1. The highest BCUT2D eigenvalue weighted by atomic mass is 16.6. The lowest BCUT2D eigenvalue weighted by molar-refractivity contribution is -0.151. The lowest BCUT2D eigenvalue weighted by Gasteiger charge is -2.12. The molecule has 0 saturated heterocycles. The Hall–Kier alpha value is -1.85. The van der Waals surface area contributed by atoms with Gasteiger partial charge >= 0.3 is 17.9 Å². The second kappa shape index (κ2) is 10.8. The molecule has 0 aliphatic heterocycles. The molecule has 126 valence electrons. The monoisotopic (exact) mass is 314 g/mol. The molecule has 0 spiro atoms. The Morgan fingerprint density at radius 2 is 1.45 bits per heavy atom. The normalized spacial score (nSPS) is 10.3. The van der Waals surface area contributed by atoms with Crippen LogP contribution in [0, 0.1) is 0 Å². The summed E-state index contributed by atoms with van der Waals surface area (Å²) in [5, 5.41) is 0. The summed E-state index contributed by atoms with van der Waals surface area (Å²) in [5.74, 6) is -1.72. The third-order valence-corrected chi connectivity index (χ3v) is 2.36. The first-order valence-electron chi connectivity index (χ1n) is 7.55. The van der Waals surface area contributed by atoms with Gasteiger partial charge in [0.25, 0.3) is 0 Å². The fraction of sp³-hybridized carbons (Fsp3) is 0.688. The number of esters is 3. The summed E-state index contributed by atoms with van der Waals surface area (Å²) in [6, 6.07) is 0. The van der Waals surface area contributed by atoms with E-state index in [1.165, 1.54) is 6.08 Å². The van der Waals surface area contributed by atoms with Crippen molar-refractivity contribution in [3.63, 3.8) is 0 Å². The van der Waals surface area contributed by atoms with Gasteiger partial charge in [0, 0.05) is 6.42 Å². The average molecular weight is 314 g/mol. The highest BCUT2D eigenvalue weighted by Crippen LogP contribution is 2.10. The predicted molar refractivity (Wildman–Crippen MR) is 81.0 cm³/mol. The van der Waals surface area contributed by atoms with Gasteiger partial charge in [0.1, 0.15) is 5.57 Å². The van der Waals surface area contributed by atoms with E-state index in [1.807, 2.05) is 0 Å². The van der Waals surface area contributed by atoms with Crippen molar-refractivity contribution in [3.05, 3.63) is 11.6 Å². The van der Waals surface area contributed by atoms with Gasteiger partial charge in [-0.25, -0.2) is 9.59 Å². The summed E-state index contributed by atoms with van der Waals surface area (Å²) >= 11 is 0. The molecule has 0 unspecified atom stereocenters. The molecule has 0 saturated carbocycles. The van der Waals surface area contributed by atoms with E-state index in [0.29, 0.717) is 19.4 Å². The van der Waals surface area contributed by atoms with E-state index in [2.05, 4.69) is 0 Å². The lowest BCUT2D eigenvalue weighted by atomic mass is 10.1. The van der Waals surface area contributed by atoms with Gasteiger partial charge in [0.05, 0.1) is 18.8 Å². The van der Waals surface area contributed by atoms with Crippen molar-refractivity contribution in [2.45, 2.75) is 66.1 Å². The van der Waals surface area contributed by atoms with E-state index in [4.69, 9.17) is 14.2 Å². The van der Waals surface area contributed by atoms with Crippen LogP contribution < -0.4 is 0 Å². The van der Waals surface area contributed by atoms with Gasteiger partial charge in [-0.05, 0) is 47.5 Å². The van der Waals surface area contributed by atoms with Gasteiger partial charge in [0.15, 0.2) is 0 Å². The standard InChI is InChI=1S/C16H26O6/c1-6-20-14(17)10-8-7-9-13(15(18)21-11(2)3)16(19)22-12(4)5/h9,11-12H,6-8,10H2,1-5H3. The number of ether oxygens (including phenoxy) is 3. The Morgan fingerprint density at radius 3 is 1.86 bits per heavy atom. The highest BCUT2D eigenvalue weighted by molar-refractivity contribution is 6.14. The van der Waals surface area contributed by atoms with E-state index < -0.39 is 11.9 Å². The Kier molecular flexibility index (Phi) is 9.91. The number of hydrogen-bond donors (Lipinski definition) is 0. The molecule has 6 heteroatoms. The molecule has 0 aromatic carbocycles. The molecule has 0 aliphatic carbocycles. The number of allylic oxidation sites excluding steroid dienone is 1. The fourth-order valence-electron chi connectivity index (χ4n) is 1.53. The van der Waals surface area contributed by atoms with Crippen molar-refractivity contribution >= 4 is 17.9 Å². The fourth-order valence-corrected chi connectivity index (χ4v) is 1.53. The maximum atomic E-state index is 11.9. The Balaban J connectivity index is 4.69. The molecule has 0 bridgehead atoms. The Bertz CT molecular complexity index is 385. The van der Waals surface area contributed by atoms with Gasteiger partial charge < -0.3 is 14.2 Å². The number of carbonyl (C=O) groups is 3. The van der Waals surface area contributed by atoms with Crippen LogP contribution in [0.2, 0.25) is 0 Å². The van der Waals surface area contributed by atoms with Gasteiger partial charge in [-0.3, -0.25) is 4.79 Å². The van der Waals surface area contributed by atoms with Crippen molar-refractivity contribution in [1.29, 1.82) is 0 Å². The minimum absolute atomic E-state index is 0.133. The zero-order valence-electron chi connectivity index (χ0n) is 14.0. The van der Waals surface area contributed by atoms with Gasteiger partial charge in [-0.15, -0.1) is 0 Å². The molecule has 0 atom stereocenters. The number of carbonyl (C=O) groups excluding carboxylic acids is 3. The molecule has 0 fully saturated rings. The van der Waals surface area contributed by atoms with Crippen LogP contribution in [0.5, 0.6) is 0 Å². The van der Waals surface area contributed by atoms with Crippen molar-refractivity contribution < 1.29 is 28.6 Å².